The molecule has 1 saturated carbocycles. The highest BCUT2D eigenvalue weighted by Crippen LogP contribution is 2.25. The number of amides is 2. The molecule has 0 bridgehead atoms. The summed E-state index contributed by atoms with van der Waals surface area (Å²) in [6, 6.07) is 7.87. The van der Waals surface area contributed by atoms with Gasteiger partial charge in [-0.3, -0.25) is 14.3 Å². The van der Waals surface area contributed by atoms with Gasteiger partial charge in [-0.15, -0.1) is 0 Å². The van der Waals surface area contributed by atoms with Gasteiger partial charge in [0, 0.05) is 35.8 Å². The fourth-order valence-electron chi connectivity index (χ4n) is 5.02. The van der Waals surface area contributed by atoms with E-state index in [2.05, 4.69) is 10.4 Å². The maximum absolute atomic E-state index is 13.3. The predicted molar refractivity (Wildman–Crippen MR) is 126 cm³/mol. The van der Waals surface area contributed by atoms with Crippen LogP contribution in [0.1, 0.15) is 72.3 Å². The second kappa shape index (κ2) is 10.1. The van der Waals surface area contributed by atoms with E-state index in [9.17, 15) is 9.59 Å². The van der Waals surface area contributed by atoms with Gasteiger partial charge in [0.05, 0.1) is 17.8 Å². The van der Waals surface area contributed by atoms with Crippen molar-refractivity contribution in [2.24, 2.45) is 5.92 Å². The van der Waals surface area contributed by atoms with Crippen LogP contribution >= 0.6 is 11.6 Å². The van der Waals surface area contributed by atoms with E-state index in [1.807, 2.05) is 47.7 Å². The fraction of sp³-hybridized carbons (Fsp3) is 0.560. The first kappa shape index (κ1) is 22.8. The van der Waals surface area contributed by atoms with Crippen LogP contribution in [0.3, 0.4) is 0 Å². The van der Waals surface area contributed by atoms with Crippen LogP contribution in [0.25, 0.3) is 0 Å². The van der Waals surface area contributed by atoms with Gasteiger partial charge in [0.1, 0.15) is 0 Å². The Hall–Kier alpha value is -2.34. The summed E-state index contributed by atoms with van der Waals surface area (Å²) in [6.07, 6.45) is 7.20. The van der Waals surface area contributed by atoms with E-state index in [0.717, 1.165) is 55.5 Å². The van der Waals surface area contributed by atoms with Gasteiger partial charge >= 0.3 is 0 Å². The minimum atomic E-state index is 0.0301. The Kier molecular flexibility index (Phi) is 7.19. The number of nitrogens with one attached hydrogen (secondary N) is 1. The number of aromatic nitrogens is 2. The number of halogens is 1. The predicted octanol–water partition coefficient (Wildman–Crippen LogP) is 4.50. The topological polar surface area (TPSA) is 67.2 Å². The first-order valence-corrected chi connectivity index (χ1v) is 12.2. The monoisotopic (exact) mass is 456 g/mol. The van der Waals surface area contributed by atoms with E-state index in [-0.39, 0.29) is 23.8 Å². The van der Waals surface area contributed by atoms with Crippen LogP contribution in [0, 0.1) is 19.8 Å². The lowest BCUT2D eigenvalue weighted by Gasteiger charge is -2.33. The molecule has 0 spiro atoms. The molecule has 0 atom stereocenters. The minimum absolute atomic E-state index is 0.0301. The molecule has 6 nitrogen and oxygen atoms in total. The molecule has 172 valence electrons. The Morgan fingerprint density at radius 3 is 2.44 bits per heavy atom. The van der Waals surface area contributed by atoms with Gasteiger partial charge in [-0.05, 0) is 51.2 Å². The van der Waals surface area contributed by atoms with Crippen molar-refractivity contribution in [3.8, 4) is 0 Å². The molecular formula is C25H33ClN4O2. The summed E-state index contributed by atoms with van der Waals surface area (Å²) in [4.78, 5) is 27.8. The number of hydrogen-bond acceptors (Lipinski definition) is 3. The van der Waals surface area contributed by atoms with Crippen LogP contribution in [-0.2, 0) is 11.3 Å². The molecule has 1 aromatic carbocycles. The zero-order valence-electron chi connectivity index (χ0n) is 19.1. The smallest absolute Gasteiger partial charge is 0.257 e. The number of carbonyl (C=O) groups is 2. The number of aryl methyl sites for hydroxylation is 1. The fourth-order valence-corrected chi connectivity index (χ4v) is 5.21. The van der Waals surface area contributed by atoms with E-state index < -0.39 is 0 Å². The van der Waals surface area contributed by atoms with Crippen LogP contribution < -0.4 is 5.32 Å². The number of hydrogen-bond donors (Lipinski definition) is 1. The number of piperidine rings is 1. The molecule has 32 heavy (non-hydrogen) atoms. The second-order valence-corrected chi connectivity index (χ2v) is 9.61. The molecule has 1 aliphatic heterocycles. The SMILES string of the molecule is Cc1nn(Cc2ccccc2Cl)c(C)c1C(=O)N1CCC(NC(=O)C2CCCCC2)CC1. The standard InChI is InChI=1S/C25H33ClN4O2/c1-17-23(18(2)30(28-17)16-20-10-6-7-11-22(20)26)25(32)29-14-12-21(13-15-29)27-24(31)19-8-4-3-5-9-19/h6-7,10-11,19,21H,3-5,8-9,12-16H2,1-2H3,(H,27,31). The summed E-state index contributed by atoms with van der Waals surface area (Å²) in [5.41, 5.74) is 3.27. The number of nitrogens with zero attached hydrogens (tertiary/aromatic N) is 3. The van der Waals surface area contributed by atoms with Gasteiger partial charge in [-0.1, -0.05) is 49.1 Å². The Morgan fingerprint density at radius 2 is 1.75 bits per heavy atom. The highest BCUT2D eigenvalue weighted by Gasteiger charge is 2.30. The summed E-state index contributed by atoms with van der Waals surface area (Å²) in [5.74, 6) is 0.419. The van der Waals surface area contributed by atoms with E-state index in [0.29, 0.717) is 30.2 Å². The maximum Gasteiger partial charge on any atom is 0.257 e. The Morgan fingerprint density at radius 1 is 1.06 bits per heavy atom. The van der Waals surface area contributed by atoms with Crippen LogP contribution in [0.4, 0.5) is 0 Å². The van der Waals surface area contributed by atoms with Crippen molar-refractivity contribution >= 4 is 23.4 Å². The molecule has 2 aromatic rings. The highest BCUT2D eigenvalue weighted by atomic mass is 35.5. The molecule has 2 aliphatic rings. The number of likely N-dealkylation sites (tertiary alicyclic amines) is 1. The third kappa shape index (κ3) is 5.01. The van der Waals surface area contributed by atoms with Gasteiger partial charge in [0.15, 0.2) is 0 Å². The van der Waals surface area contributed by atoms with Crippen molar-refractivity contribution in [3.63, 3.8) is 0 Å². The molecule has 1 saturated heterocycles. The van der Waals surface area contributed by atoms with Gasteiger partial charge < -0.3 is 10.2 Å². The molecule has 1 aliphatic carbocycles. The molecule has 2 heterocycles. The van der Waals surface area contributed by atoms with Gasteiger partial charge in [-0.25, -0.2) is 0 Å². The van der Waals surface area contributed by atoms with E-state index in [1.165, 1.54) is 6.42 Å². The molecule has 2 fully saturated rings. The van der Waals surface area contributed by atoms with Gasteiger partial charge in [0.2, 0.25) is 5.91 Å². The lowest BCUT2D eigenvalue weighted by molar-refractivity contribution is -0.126. The van der Waals surface area contributed by atoms with Gasteiger partial charge in [-0.2, -0.15) is 5.10 Å². The quantitative estimate of drug-likeness (QED) is 0.720. The molecule has 1 aromatic heterocycles. The first-order valence-electron chi connectivity index (χ1n) is 11.8. The number of benzene rings is 1. The molecule has 1 N–H and O–H groups in total. The molecule has 0 unspecified atom stereocenters. The molecule has 0 radical (unpaired) electrons. The largest absolute Gasteiger partial charge is 0.353 e. The summed E-state index contributed by atoms with van der Waals surface area (Å²) in [5, 5.41) is 8.56. The Labute approximate surface area is 195 Å². The highest BCUT2D eigenvalue weighted by molar-refractivity contribution is 6.31. The second-order valence-electron chi connectivity index (χ2n) is 9.20. The average Bonchev–Trinajstić information content (AvgIpc) is 3.08. The van der Waals surface area contributed by atoms with E-state index in [4.69, 9.17) is 11.6 Å². The molecule has 4 rings (SSSR count). The van der Waals surface area contributed by atoms with E-state index in [1.54, 1.807) is 0 Å². The summed E-state index contributed by atoms with van der Waals surface area (Å²) < 4.78 is 1.86. The van der Waals surface area contributed by atoms with Crippen molar-refractivity contribution in [3.05, 3.63) is 51.8 Å². The van der Waals surface area contributed by atoms with Crippen molar-refractivity contribution in [2.75, 3.05) is 13.1 Å². The lowest BCUT2D eigenvalue weighted by Crippen LogP contribution is -2.48. The third-order valence-electron chi connectivity index (χ3n) is 6.98. The molecular weight excluding hydrogens is 424 g/mol. The molecule has 2 amide bonds. The normalized spacial score (nSPS) is 18.0. The maximum atomic E-state index is 13.3. The van der Waals surface area contributed by atoms with Crippen molar-refractivity contribution in [2.45, 2.75) is 71.4 Å². The zero-order chi connectivity index (χ0) is 22.7. The van der Waals surface area contributed by atoms with Crippen LogP contribution in [0.2, 0.25) is 5.02 Å². The summed E-state index contributed by atoms with van der Waals surface area (Å²) in [7, 11) is 0. The summed E-state index contributed by atoms with van der Waals surface area (Å²) in [6.45, 7) is 5.68. The minimum Gasteiger partial charge on any atom is -0.353 e. The van der Waals surface area contributed by atoms with E-state index >= 15 is 0 Å². The lowest BCUT2D eigenvalue weighted by atomic mass is 9.88. The number of rotatable bonds is 5. The van der Waals surface area contributed by atoms with Crippen molar-refractivity contribution in [1.29, 1.82) is 0 Å². The van der Waals surface area contributed by atoms with Crippen LogP contribution in [-0.4, -0.2) is 45.6 Å². The zero-order valence-corrected chi connectivity index (χ0v) is 19.8. The average molecular weight is 457 g/mol. The Balaban J connectivity index is 1.36. The Bertz CT molecular complexity index is 972. The van der Waals surface area contributed by atoms with Crippen molar-refractivity contribution < 1.29 is 9.59 Å². The van der Waals surface area contributed by atoms with Gasteiger partial charge in [0.25, 0.3) is 5.91 Å². The third-order valence-corrected chi connectivity index (χ3v) is 7.35. The molecule has 7 heteroatoms. The van der Waals surface area contributed by atoms with Crippen LogP contribution in [0.15, 0.2) is 24.3 Å². The van der Waals surface area contributed by atoms with Crippen LogP contribution in [0.5, 0.6) is 0 Å². The summed E-state index contributed by atoms with van der Waals surface area (Å²) >= 11 is 6.31. The first-order chi connectivity index (χ1) is 15.4. The van der Waals surface area contributed by atoms with Crippen molar-refractivity contribution in [1.82, 2.24) is 20.0 Å². The number of carbonyl (C=O) groups excluding carboxylic acids is 2.